The number of para-hydroxylation sites is 2. The number of nitrogens with one attached hydrogen (secondary N) is 1. The predicted octanol–water partition coefficient (Wildman–Crippen LogP) is 11.5. The van der Waals surface area contributed by atoms with E-state index in [1.807, 2.05) is 6.08 Å². The number of benzene rings is 4. The number of hydrogen-bond donors (Lipinski definition) is 2. The van der Waals surface area contributed by atoms with Gasteiger partial charge in [-0.1, -0.05) is 112 Å². The molecular formula is C43H47N3O. The molecular weight excluding hydrogens is 574 g/mol. The van der Waals surface area contributed by atoms with Gasteiger partial charge in [0.15, 0.2) is 0 Å². The fraction of sp³-hybridized carbons (Fsp3) is 0.233. The Hall–Kier alpha value is -5.09. The van der Waals surface area contributed by atoms with Gasteiger partial charge in [0.25, 0.3) is 0 Å². The van der Waals surface area contributed by atoms with Crippen LogP contribution >= 0.6 is 0 Å². The Kier molecular flexibility index (Phi) is 10.6. The van der Waals surface area contributed by atoms with Crippen molar-refractivity contribution in [2.24, 2.45) is 4.99 Å². The molecule has 0 aromatic heterocycles. The lowest BCUT2D eigenvalue weighted by Crippen LogP contribution is -2.29. The largest absolute Gasteiger partial charge is 0.513 e. The molecule has 0 bridgehead atoms. The molecule has 5 rings (SSSR count). The molecule has 0 radical (unpaired) electrons. The van der Waals surface area contributed by atoms with Gasteiger partial charge in [0, 0.05) is 41.9 Å². The first-order valence-corrected chi connectivity index (χ1v) is 16.5. The fourth-order valence-corrected chi connectivity index (χ4v) is 6.46. The molecule has 4 nitrogen and oxygen atoms in total. The number of anilines is 3. The Morgan fingerprint density at radius 3 is 2.34 bits per heavy atom. The van der Waals surface area contributed by atoms with Gasteiger partial charge < -0.3 is 15.3 Å². The Bertz CT molecular complexity index is 1810. The monoisotopic (exact) mass is 621 g/mol. The van der Waals surface area contributed by atoms with Crippen molar-refractivity contribution in [3.8, 4) is 11.1 Å². The zero-order valence-electron chi connectivity index (χ0n) is 28.2. The first kappa shape index (κ1) is 33.3. The molecule has 0 saturated carbocycles. The second-order valence-electron chi connectivity index (χ2n) is 12.8. The van der Waals surface area contributed by atoms with Gasteiger partial charge in [0.05, 0.1) is 28.9 Å². The van der Waals surface area contributed by atoms with E-state index in [0.717, 1.165) is 52.4 Å². The van der Waals surface area contributed by atoms with Crippen LogP contribution < -0.4 is 10.2 Å². The highest BCUT2D eigenvalue weighted by Crippen LogP contribution is 2.40. The zero-order valence-corrected chi connectivity index (χ0v) is 28.2. The summed E-state index contributed by atoms with van der Waals surface area (Å²) in [6, 6.07) is 34.1. The van der Waals surface area contributed by atoms with Crippen molar-refractivity contribution in [3.63, 3.8) is 0 Å². The summed E-state index contributed by atoms with van der Waals surface area (Å²) in [6.45, 7) is 19.0. The van der Waals surface area contributed by atoms with Crippen molar-refractivity contribution in [1.82, 2.24) is 0 Å². The summed E-state index contributed by atoms with van der Waals surface area (Å²) < 4.78 is 0. The first-order valence-electron chi connectivity index (χ1n) is 16.5. The third-order valence-corrected chi connectivity index (χ3v) is 9.04. The maximum atomic E-state index is 9.79. The van der Waals surface area contributed by atoms with Gasteiger partial charge in [-0.05, 0) is 78.8 Å². The highest BCUT2D eigenvalue weighted by Gasteiger charge is 2.31. The van der Waals surface area contributed by atoms with Gasteiger partial charge in [-0.2, -0.15) is 0 Å². The van der Waals surface area contributed by atoms with Crippen LogP contribution in [-0.4, -0.2) is 23.9 Å². The molecule has 0 amide bonds. The minimum absolute atomic E-state index is 0.0202. The van der Waals surface area contributed by atoms with Gasteiger partial charge in [0.2, 0.25) is 0 Å². The van der Waals surface area contributed by atoms with E-state index in [1.165, 1.54) is 22.3 Å². The summed E-state index contributed by atoms with van der Waals surface area (Å²) in [5.74, 6) is 0.878. The Morgan fingerprint density at radius 1 is 0.915 bits per heavy atom. The van der Waals surface area contributed by atoms with E-state index in [1.54, 1.807) is 13.0 Å². The zero-order chi connectivity index (χ0) is 33.5. The van der Waals surface area contributed by atoms with Gasteiger partial charge >= 0.3 is 0 Å². The maximum absolute atomic E-state index is 9.79. The number of aliphatic hydroxyl groups excluding tert-OH is 1. The molecule has 0 fully saturated rings. The number of allylic oxidation sites excluding steroid dienone is 4. The van der Waals surface area contributed by atoms with Crippen molar-refractivity contribution < 1.29 is 5.11 Å². The summed E-state index contributed by atoms with van der Waals surface area (Å²) in [5.41, 5.74) is 12.0. The van der Waals surface area contributed by atoms with Gasteiger partial charge in [-0.15, -0.1) is 0 Å². The molecule has 2 unspecified atom stereocenters. The van der Waals surface area contributed by atoms with E-state index in [4.69, 9.17) is 4.99 Å². The summed E-state index contributed by atoms with van der Waals surface area (Å²) >= 11 is 0. The number of hydrogen-bond acceptors (Lipinski definition) is 4. The minimum Gasteiger partial charge on any atom is -0.513 e. The molecule has 1 aliphatic rings. The Morgan fingerprint density at radius 2 is 1.62 bits per heavy atom. The second-order valence-corrected chi connectivity index (χ2v) is 12.8. The summed E-state index contributed by atoms with van der Waals surface area (Å²) in [7, 11) is 2.09. The van der Waals surface area contributed by atoms with Gasteiger partial charge in [-0.3, -0.25) is 4.99 Å². The third kappa shape index (κ3) is 7.84. The number of aliphatic hydroxyl groups is 1. The third-order valence-electron chi connectivity index (χ3n) is 9.04. The van der Waals surface area contributed by atoms with E-state index < -0.39 is 0 Å². The highest BCUT2D eigenvalue weighted by atomic mass is 16.3. The standard InChI is InChI=1S/C43H47N3O/c1-8-39-36-19-13-12-18-35(36)37(24-22-30(4)26-32(6)47)42(44-39)27-31(5)46(7)43-21-15-14-20-41(43)45-40-25-23-34(29(2)3)28-38(40)33-16-10-9-11-17-33/h8-21,23,25-26,28-29,37,42,45,47H,1,4-5,22,24,27H2,2-3,6-7H3/b32-26+. The number of aliphatic imine (C=N–C) groups is 1. The van der Waals surface area contributed by atoms with E-state index >= 15 is 0 Å². The summed E-state index contributed by atoms with van der Waals surface area (Å²) in [6.07, 6.45) is 5.92. The molecule has 2 N–H and O–H groups in total. The molecule has 4 heteroatoms. The number of nitrogens with zero attached hydrogens (tertiary/aromatic N) is 2. The lowest BCUT2D eigenvalue weighted by molar-refractivity contribution is 0.413. The van der Waals surface area contributed by atoms with Crippen LogP contribution in [0.1, 0.15) is 68.6 Å². The molecule has 47 heavy (non-hydrogen) atoms. The van der Waals surface area contributed by atoms with Gasteiger partial charge in [0.1, 0.15) is 0 Å². The smallest absolute Gasteiger partial charge is 0.0894 e. The topological polar surface area (TPSA) is 47.9 Å². The van der Waals surface area contributed by atoms with E-state index in [-0.39, 0.29) is 17.7 Å². The summed E-state index contributed by atoms with van der Waals surface area (Å²) in [5, 5.41) is 13.6. The maximum Gasteiger partial charge on any atom is 0.0894 e. The summed E-state index contributed by atoms with van der Waals surface area (Å²) in [4.78, 5) is 7.42. The highest BCUT2D eigenvalue weighted by molar-refractivity contribution is 6.10. The van der Waals surface area contributed by atoms with Gasteiger partial charge in [-0.25, -0.2) is 0 Å². The molecule has 2 atom stereocenters. The molecule has 240 valence electrons. The second kappa shape index (κ2) is 15.0. The molecule has 1 heterocycles. The van der Waals surface area contributed by atoms with Crippen LogP contribution in [-0.2, 0) is 0 Å². The predicted molar refractivity (Wildman–Crippen MR) is 202 cm³/mol. The molecule has 4 aromatic carbocycles. The average molecular weight is 622 g/mol. The van der Waals surface area contributed by atoms with Crippen molar-refractivity contribution in [3.05, 3.63) is 163 Å². The normalized spacial score (nSPS) is 15.9. The Labute approximate surface area is 281 Å². The lowest BCUT2D eigenvalue weighted by Gasteiger charge is -2.34. The molecule has 0 saturated heterocycles. The van der Waals surface area contributed by atoms with Crippen molar-refractivity contribution in [2.45, 2.75) is 57.9 Å². The quantitative estimate of drug-likeness (QED) is 0.115. The molecule has 0 aliphatic carbocycles. The van der Waals surface area contributed by atoms with Crippen LogP contribution in [0.4, 0.5) is 17.1 Å². The number of fused-ring (bicyclic) bond motifs is 1. The van der Waals surface area contributed by atoms with E-state index in [2.05, 4.69) is 148 Å². The van der Waals surface area contributed by atoms with Crippen LogP contribution in [0, 0.1) is 0 Å². The number of rotatable bonds is 13. The van der Waals surface area contributed by atoms with Crippen LogP contribution in [0.25, 0.3) is 11.1 Å². The first-order chi connectivity index (χ1) is 22.7. The van der Waals surface area contributed by atoms with Crippen molar-refractivity contribution in [2.75, 3.05) is 17.3 Å². The van der Waals surface area contributed by atoms with Crippen LogP contribution in [0.5, 0.6) is 0 Å². The van der Waals surface area contributed by atoms with E-state index in [0.29, 0.717) is 12.3 Å². The minimum atomic E-state index is -0.0202. The lowest BCUT2D eigenvalue weighted by atomic mass is 9.79. The molecule has 1 aliphatic heterocycles. The van der Waals surface area contributed by atoms with Crippen molar-refractivity contribution in [1.29, 1.82) is 0 Å². The van der Waals surface area contributed by atoms with Crippen LogP contribution in [0.3, 0.4) is 0 Å². The molecule has 4 aromatic rings. The van der Waals surface area contributed by atoms with E-state index in [9.17, 15) is 5.11 Å². The average Bonchev–Trinajstić information content (AvgIpc) is 3.07. The Balaban J connectivity index is 1.43. The van der Waals surface area contributed by atoms with Crippen LogP contribution in [0.2, 0.25) is 0 Å². The molecule has 0 spiro atoms. The SMILES string of the molecule is C=CC1=NC(CC(=C)N(C)c2ccccc2Nc2ccc(C(C)C)cc2-c2ccccc2)C(CCC(=C)/C=C(\C)O)c2ccccc21. The fourth-order valence-electron chi connectivity index (χ4n) is 6.46. The van der Waals surface area contributed by atoms with Crippen LogP contribution in [0.15, 0.2) is 151 Å². The van der Waals surface area contributed by atoms with Crippen molar-refractivity contribution >= 4 is 22.8 Å².